The Morgan fingerprint density at radius 2 is 1.07 bits per heavy atom. The van der Waals surface area contributed by atoms with E-state index >= 15 is 0 Å². The molecule has 0 amide bonds. The zero-order valence-electron chi connectivity index (χ0n) is 47.6. The van der Waals surface area contributed by atoms with Crippen LogP contribution < -0.4 is 25.5 Å². The molecule has 0 bridgehead atoms. The Kier molecular flexibility index (Phi) is 10.5. The number of fused-ring (bicyclic) bond motifs is 9. The van der Waals surface area contributed by atoms with Gasteiger partial charge in [0.1, 0.15) is 0 Å². The molecule has 7 aromatic rings. The average Bonchev–Trinajstić information content (AvgIpc) is 3.69. The molecule has 0 N–H and O–H groups in total. The molecule has 0 saturated carbocycles. The summed E-state index contributed by atoms with van der Waals surface area (Å²) in [7, 11) is 0. The molecule has 3 aliphatic carbocycles. The molecular weight excluding hydrogens is 900 g/mol. The number of anilines is 5. The molecule has 2 aliphatic heterocycles. The van der Waals surface area contributed by atoms with Gasteiger partial charge in [0.2, 0.25) is 0 Å². The lowest BCUT2D eigenvalue weighted by Crippen LogP contribution is -2.61. The summed E-state index contributed by atoms with van der Waals surface area (Å²) < 4.78 is 2.92. The van der Waals surface area contributed by atoms with E-state index in [2.05, 4.69) is 236 Å². The number of aryl methyl sites for hydroxylation is 2. The molecule has 0 atom stereocenters. The van der Waals surface area contributed by atoms with Crippen LogP contribution in [0.2, 0.25) is 0 Å². The maximum atomic E-state index is 2.81. The second-order valence-electron chi connectivity index (χ2n) is 28.7. The molecule has 4 heteroatoms. The Morgan fingerprint density at radius 3 is 1.67 bits per heavy atom. The highest BCUT2D eigenvalue weighted by Gasteiger charge is 2.49. The third kappa shape index (κ3) is 7.43. The molecule has 12 rings (SSSR count). The Labute approximate surface area is 444 Å². The van der Waals surface area contributed by atoms with Gasteiger partial charge >= 0.3 is 0 Å². The van der Waals surface area contributed by atoms with Gasteiger partial charge in [-0.2, -0.15) is 0 Å². The maximum Gasteiger partial charge on any atom is 0.264 e. The molecule has 2 nitrogen and oxygen atoms in total. The minimum Gasteiger partial charge on any atom is -0.337 e. The smallest absolute Gasteiger partial charge is 0.264 e. The second kappa shape index (κ2) is 15.8. The van der Waals surface area contributed by atoms with Gasteiger partial charge in [0.15, 0.2) is 0 Å². The molecular formula is C69H81BN2S. The number of hydrogen-bond acceptors (Lipinski definition) is 3. The van der Waals surface area contributed by atoms with Crippen molar-refractivity contribution in [3.05, 3.63) is 153 Å². The van der Waals surface area contributed by atoms with Gasteiger partial charge in [0, 0.05) is 44.2 Å². The lowest BCUT2D eigenvalue weighted by Gasteiger charge is -2.47. The van der Waals surface area contributed by atoms with Crippen molar-refractivity contribution in [2.75, 3.05) is 9.80 Å². The quantitative estimate of drug-likeness (QED) is 0.162. The van der Waals surface area contributed by atoms with Gasteiger partial charge in [0.25, 0.3) is 6.71 Å². The number of thiophene rings is 1. The van der Waals surface area contributed by atoms with Crippen LogP contribution in [0.3, 0.4) is 0 Å². The van der Waals surface area contributed by atoms with Crippen LogP contribution in [0, 0.1) is 13.8 Å². The van der Waals surface area contributed by atoms with Crippen molar-refractivity contribution in [2.45, 2.75) is 201 Å². The molecule has 0 radical (unpaired) electrons. The van der Waals surface area contributed by atoms with Crippen LogP contribution in [0.5, 0.6) is 0 Å². The SMILES string of the molecule is Cc1cc2c3c(c1)N(c1ccc4c(c1)C(C)(C)CCC4(C)C)c1cc4c(cc1B3c1sc3cc5c(cc3c1N2Cc1cc(C)c(C(C)(C)C)cc1-c1ccccc1)C(C)(C)CCC5(C)C)C(C)(C)CCC4(C)C. The minimum absolute atomic E-state index is 0.0119. The summed E-state index contributed by atoms with van der Waals surface area (Å²) in [5.74, 6) is 0. The van der Waals surface area contributed by atoms with Crippen molar-refractivity contribution < 1.29 is 0 Å². The summed E-state index contributed by atoms with van der Waals surface area (Å²) in [4.78, 5) is 5.56. The molecule has 1 aromatic heterocycles. The third-order valence-electron chi connectivity index (χ3n) is 19.6. The molecule has 3 heterocycles. The van der Waals surface area contributed by atoms with E-state index in [1.165, 1.54) is 148 Å². The summed E-state index contributed by atoms with van der Waals surface area (Å²) in [6.07, 6.45) is 7.17. The first-order valence-corrected chi connectivity index (χ1v) is 28.8. The van der Waals surface area contributed by atoms with E-state index in [0.29, 0.717) is 0 Å². The van der Waals surface area contributed by atoms with E-state index in [-0.39, 0.29) is 44.6 Å². The van der Waals surface area contributed by atoms with Crippen LogP contribution in [-0.2, 0) is 44.4 Å². The first-order valence-electron chi connectivity index (χ1n) is 28.0. The van der Waals surface area contributed by atoms with Crippen LogP contribution in [0.4, 0.5) is 28.4 Å². The van der Waals surface area contributed by atoms with E-state index < -0.39 is 0 Å². The van der Waals surface area contributed by atoms with Gasteiger partial charge in [0.05, 0.1) is 5.69 Å². The third-order valence-corrected chi connectivity index (χ3v) is 20.8. The Morgan fingerprint density at radius 1 is 0.534 bits per heavy atom. The van der Waals surface area contributed by atoms with Crippen molar-refractivity contribution in [3.8, 4) is 11.1 Å². The van der Waals surface area contributed by atoms with E-state index in [4.69, 9.17) is 0 Å². The fourth-order valence-corrected chi connectivity index (χ4v) is 16.1. The largest absolute Gasteiger partial charge is 0.337 e. The first kappa shape index (κ1) is 48.9. The number of rotatable bonds is 4. The lowest BCUT2D eigenvalue weighted by atomic mass is 9.35. The molecule has 73 heavy (non-hydrogen) atoms. The van der Waals surface area contributed by atoms with E-state index in [0.717, 1.165) is 6.54 Å². The fraction of sp³-hybridized carbons (Fsp3) is 0.449. The maximum absolute atomic E-state index is 2.81. The average molecular weight is 981 g/mol. The first-order chi connectivity index (χ1) is 34.1. The highest BCUT2D eigenvalue weighted by Crippen LogP contribution is 2.55. The number of hydrogen-bond donors (Lipinski definition) is 0. The molecule has 5 aliphatic rings. The Bertz CT molecular complexity index is 3460. The van der Waals surface area contributed by atoms with E-state index in [1.807, 2.05) is 0 Å². The summed E-state index contributed by atoms with van der Waals surface area (Å²) in [5, 5.41) is 1.42. The van der Waals surface area contributed by atoms with Gasteiger partial charge in [-0.15, -0.1) is 11.3 Å². The molecule has 0 unspecified atom stereocenters. The van der Waals surface area contributed by atoms with Crippen molar-refractivity contribution in [1.29, 1.82) is 0 Å². The van der Waals surface area contributed by atoms with Gasteiger partial charge in [-0.25, -0.2) is 0 Å². The van der Waals surface area contributed by atoms with Crippen LogP contribution >= 0.6 is 11.3 Å². The zero-order valence-corrected chi connectivity index (χ0v) is 48.4. The second-order valence-corrected chi connectivity index (χ2v) is 29.8. The fourth-order valence-electron chi connectivity index (χ4n) is 14.7. The minimum atomic E-state index is 0.0119. The van der Waals surface area contributed by atoms with Crippen molar-refractivity contribution in [2.24, 2.45) is 0 Å². The van der Waals surface area contributed by atoms with Gasteiger partial charge in [-0.05, 0) is 210 Å². The van der Waals surface area contributed by atoms with Crippen LogP contribution in [0.25, 0.3) is 21.2 Å². The predicted molar refractivity (Wildman–Crippen MR) is 319 cm³/mol. The van der Waals surface area contributed by atoms with Crippen LogP contribution in [0.15, 0.2) is 97.1 Å². The molecule has 0 saturated heterocycles. The van der Waals surface area contributed by atoms with E-state index in [9.17, 15) is 0 Å². The molecule has 0 fully saturated rings. The zero-order chi connectivity index (χ0) is 51.9. The van der Waals surface area contributed by atoms with Crippen molar-refractivity contribution in [3.63, 3.8) is 0 Å². The standard InChI is InChI=1S/C69H81BN2S/c1-41-31-57-60-58(32-41)72(45-23-24-48-50(34-45)65(8,9)26-25-64(48,6)7)56-38-53-52(67(12,13)28-29-68(53,14)15)37-55(56)70(60)62-61(47-36-51-54(39-59(47)73-62)69(16,17)30-27-66(51,10)11)71(57)40-44-33-42(2)49(63(3,4)5)35-46(44)43-21-19-18-20-22-43/h18-24,31-39H,25-30,40H2,1-17H3. The summed E-state index contributed by atoms with van der Waals surface area (Å²) in [6.45, 7) is 42.6. The van der Waals surface area contributed by atoms with Crippen LogP contribution in [-0.4, -0.2) is 6.71 Å². The number of benzene rings is 6. The number of nitrogens with zero attached hydrogens (tertiary/aromatic N) is 2. The normalized spacial score (nSPS) is 20.2. The monoisotopic (exact) mass is 981 g/mol. The summed E-state index contributed by atoms with van der Waals surface area (Å²) >= 11 is 2.10. The topological polar surface area (TPSA) is 6.48 Å². The molecule has 6 aromatic carbocycles. The summed E-state index contributed by atoms with van der Waals surface area (Å²) in [6, 6.07) is 39.8. The lowest BCUT2D eigenvalue weighted by molar-refractivity contribution is 0.332. The highest BCUT2D eigenvalue weighted by atomic mass is 32.1. The van der Waals surface area contributed by atoms with Crippen LogP contribution in [0.1, 0.15) is 198 Å². The van der Waals surface area contributed by atoms with Gasteiger partial charge in [-0.1, -0.05) is 158 Å². The summed E-state index contributed by atoms with van der Waals surface area (Å²) in [5.41, 5.74) is 27.5. The van der Waals surface area contributed by atoms with Crippen molar-refractivity contribution in [1.82, 2.24) is 0 Å². The van der Waals surface area contributed by atoms with E-state index in [1.54, 1.807) is 11.1 Å². The molecule has 376 valence electrons. The van der Waals surface area contributed by atoms with Crippen molar-refractivity contribution >= 4 is 72.3 Å². The van der Waals surface area contributed by atoms with Gasteiger partial charge < -0.3 is 9.80 Å². The van der Waals surface area contributed by atoms with Gasteiger partial charge in [-0.3, -0.25) is 0 Å². The Hall–Kier alpha value is -5.06. The predicted octanol–water partition coefficient (Wildman–Crippen LogP) is 17.5. The molecule has 0 spiro atoms. The Balaban J connectivity index is 1.20. The highest BCUT2D eigenvalue weighted by molar-refractivity contribution is 7.33.